The molecule has 0 fully saturated rings. The molecule has 0 radical (unpaired) electrons. The molecule has 0 heterocycles. The maximum Gasteiger partial charge on any atom is 0.339 e. The van der Waals surface area contributed by atoms with Crippen LogP contribution in [0.3, 0.4) is 0 Å². The van der Waals surface area contributed by atoms with Gasteiger partial charge >= 0.3 is 5.97 Å². The molecular weight excluding hydrogens is 348 g/mol. The van der Waals surface area contributed by atoms with E-state index in [1.807, 2.05) is 0 Å². The van der Waals surface area contributed by atoms with Crippen LogP contribution in [-0.2, 0) is 4.74 Å². The van der Waals surface area contributed by atoms with Gasteiger partial charge in [0.25, 0.3) is 0 Å². The molecular formula is C17H15BrO4. The maximum atomic E-state index is 12.3. The summed E-state index contributed by atoms with van der Waals surface area (Å²) in [5, 5.41) is 0. The first-order valence-electron chi connectivity index (χ1n) is 6.66. The minimum absolute atomic E-state index is 0.261. The fourth-order valence-electron chi connectivity index (χ4n) is 1.89. The Balaban J connectivity index is 2.07. The normalized spacial score (nSPS) is 11.6. The smallest absolute Gasteiger partial charge is 0.339 e. The second-order valence-corrected chi connectivity index (χ2v) is 5.47. The molecule has 0 amide bonds. The Morgan fingerprint density at radius 2 is 1.68 bits per heavy atom. The Labute approximate surface area is 137 Å². The van der Waals surface area contributed by atoms with E-state index in [9.17, 15) is 9.59 Å². The summed E-state index contributed by atoms with van der Waals surface area (Å²) < 4.78 is 10.9. The van der Waals surface area contributed by atoms with E-state index >= 15 is 0 Å². The van der Waals surface area contributed by atoms with Gasteiger partial charge in [-0.3, -0.25) is 4.79 Å². The van der Waals surface area contributed by atoms with Crippen molar-refractivity contribution >= 4 is 27.7 Å². The van der Waals surface area contributed by atoms with Crippen LogP contribution in [0.5, 0.6) is 5.75 Å². The number of carbonyl (C=O) groups excluding carboxylic acids is 2. The number of hydrogen-bond donors (Lipinski definition) is 0. The number of Topliss-reactive ketones (excluding diaryl/α,β-unsaturated/α-hetero) is 1. The van der Waals surface area contributed by atoms with E-state index < -0.39 is 12.1 Å². The summed E-state index contributed by atoms with van der Waals surface area (Å²) in [6.45, 7) is 1.56. The van der Waals surface area contributed by atoms with Crippen molar-refractivity contribution in [3.8, 4) is 5.75 Å². The average Bonchev–Trinajstić information content (AvgIpc) is 2.54. The summed E-state index contributed by atoms with van der Waals surface area (Å²) in [6.07, 6.45) is -0.868. The quantitative estimate of drug-likeness (QED) is 0.598. The molecule has 0 aliphatic rings. The summed E-state index contributed by atoms with van der Waals surface area (Å²) >= 11 is 3.28. The van der Waals surface area contributed by atoms with E-state index in [1.54, 1.807) is 62.6 Å². The first kappa shape index (κ1) is 16.2. The molecule has 2 rings (SSSR count). The lowest BCUT2D eigenvalue weighted by Crippen LogP contribution is -2.24. The minimum Gasteiger partial charge on any atom is -0.497 e. The highest BCUT2D eigenvalue weighted by atomic mass is 79.9. The predicted octanol–water partition coefficient (Wildman–Crippen LogP) is 3.89. The fourth-order valence-corrected chi connectivity index (χ4v) is 2.34. The Bertz CT molecular complexity index is 679. The lowest BCUT2D eigenvalue weighted by atomic mass is 10.1. The second-order valence-electron chi connectivity index (χ2n) is 4.62. The second kappa shape index (κ2) is 7.22. The Morgan fingerprint density at radius 3 is 2.27 bits per heavy atom. The number of hydrogen-bond acceptors (Lipinski definition) is 4. The van der Waals surface area contributed by atoms with E-state index in [0.717, 1.165) is 0 Å². The first-order chi connectivity index (χ1) is 10.5. The number of esters is 1. The van der Waals surface area contributed by atoms with Gasteiger partial charge in [0.05, 0.1) is 12.7 Å². The van der Waals surface area contributed by atoms with Crippen molar-refractivity contribution in [2.24, 2.45) is 0 Å². The Kier molecular flexibility index (Phi) is 5.33. The number of halogens is 1. The van der Waals surface area contributed by atoms with Gasteiger partial charge in [-0.1, -0.05) is 12.1 Å². The van der Waals surface area contributed by atoms with Crippen LogP contribution in [0.25, 0.3) is 0 Å². The summed E-state index contributed by atoms with van der Waals surface area (Å²) in [4.78, 5) is 24.4. The average molecular weight is 363 g/mol. The maximum absolute atomic E-state index is 12.3. The zero-order chi connectivity index (χ0) is 16.1. The summed E-state index contributed by atoms with van der Waals surface area (Å²) in [7, 11) is 1.55. The number of methoxy groups -OCH3 is 1. The van der Waals surface area contributed by atoms with Crippen molar-refractivity contribution in [3.05, 3.63) is 64.1 Å². The largest absolute Gasteiger partial charge is 0.497 e. The Morgan fingerprint density at radius 1 is 1.05 bits per heavy atom. The molecule has 0 aromatic heterocycles. The molecule has 4 nitrogen and oxygen atoms in total. The van der Waals surface area contributed by atoms with Gasteiger partial charge < -0.3 is 9.47 Å². The van der Waals surface area contributed by atoms with Gasteiger partial charge in [0, 0.05) is 10.0 Å². The zero-order valence-electron chi connectivity index (χ0n) is 12.2. The van der Waals surface area contributed by atoms with E-state index in [4.69, 9.17) is 9.47 Å². The molecule has 0 saturated heterocycles. The molecule has 0 aliphatic heterocycles. The van der Waals surface area contributed by atoms with Crippen LogP contribution in [0, 0.1) is 0 Å². The molecule has 114 valence electrons. The molecule has 0 aliphatic carbocycles. The molecule has 2 aromatic rings. The first-order valence-corrected chi connectivity index (χ1v) is 7.46. The lowest BCUT2D eigenvalue weighted by molar-refractivity contribution is 0.0318. The predicted molar refractivity (Wildman–Crippen MR) is 86.3 cm³/mol. The van der Waals surface area contributed by atoms with Crippen molar-refractivity contribution < 1.29 is 19.1 Å². The van der Waals surface area contributed by atoms with Crippen LogP contribution in [0.1, 0.15) is 27.6 Å². The molecule has 0 N–H and O–H groups in total. The van der Waals surface area contributed by atoms with Crippen LogP contribution in [-0.4, -0.2) is 25.0 Å². The molecule has 1 atom stereocenters. The fraction of sp³-hybridized carbons (Fsp3) is 0.176. The zero-order valence-corrected chi connectivity index (χ0v) is 13.8. The number of rotatable bonds is 5. The van der Waals surface area contributed by atoms with Crippen LogP contribution in [0.2, 0.25) is 0 Å². The number of ether oxygens (including phenoxy) is 2. The van der Waals surface area contributed by atoms with Gasteiger partial charge in [0.15, 0.2) is 6.10 Å². The van der Waals surface area contributed by atoms with Gasteiger partial charge in [0.2, 0.25) is 5.78 Å². The van der Waals surface area contributed by atoms with Crippen molar-refractivity contribution in [1.29, 1.82) is 0 Å². The van der Waals surface area contributed by atoms with Crippen molar-refractivity contribution in [1.82, 2.24) is 0 Å². The van der Waals surface area contributed by atoms with Gasteiger partial charge in [-0.2, -0.15) is 0 Å². The highest BCUT2D eigenvalue weighted by Gasteiger charge is 2.21. The van der Waals surface area contributed by atoms with Gasteiger partial charge in [-0.25, -0.2) is 4.79 Å². The minimum atomic E-state index is -0.868. The number of carbonyl (C=O) groups is 2. The summed E-state index contributed by atoms with van der Waals surface area (Å²) in [5.74, 6) is -0.140. The summed E-state index contributed by atoms with van der Waals surface area (Å²) in [6, 6.07) is 13.6. The van der Waals surface area contributed by atoms with Crippen LogP contribution in [0.4, 0.5) is 0 Å². The molecule has 2 aromatic carbocycles. The van der Waals surface area contributed by atoms with Crippen molar-refractivity contribution in [2.45, 2.75) is 13.0 Å². The lowest BCUT2D eigenvalue weighted by Gasteiger charge is -2.13. The molecule has 0 saturated carbocycles. The highest BCUT2D eigenvalue weighted by Crippen LogP contribution is 2.19. The van der Waals surface area contributed by atoms with Crippen LogP contribution >= 0.6 is 15.9 Å². The Hall–Kier alpha value is -2.14. The monoisotopic (exact) mass is 362 g/mol. The summed E-state index contributed by atoms with van der Waals surface area (Å²) in [5.41, 5.74) is 0.852. The molecule has 0 unspecified atom stereocenters. The topological polar surface area (TPSA) is 52.6 Å². The van der Waals surface area contributed by atoms with E-state index in [0.29, 0.717) is 21.3 Å². The van der Waals surface area contributed by atoms with Gasteiger partial charge in [-0.05, 0) is 59.3 Å². The van der Waals surface area contributed by atoms with Crippen molar-refractivity contribution in [3.63, 3.8) is 0 Å². The third-order valence-electron chi connectivity index (χ3n) is 3.12. The van der Waals surface area contributed by atoms with E-state index in [-0.39, 0.29) is 5.78 Å². The third-order valence-corrected chi connectivity index (χ3v) is 3.81. The van der Waals surface area contributed by atoms with Crippen LogP contribution < -0.4 is 4.74 Å². The van der Waals surface area contributed by atoms with Crippen LogP contribution in [0.15, 0.2) is 53.0 Å². The number of benzene rings is 2. The van der Waals surface area contributed by atoms with Gasteiger partial charge in [-0.15, -0.1) is 0 Å². The van der Waals surface area contributed by atoms with E-state index in [1.165, 1.54) is 0 Å². The molecule has 0 bridgehead atoms. The van der Waals surface area contributed by atoms with Crippen molar-refractivity contribution in [2.75, 3.05) is 7.11 Å². The third kappa shape index (κ3) is 3.74. The molecule has 22 heavy (non-hydrogen) atoms. The SMILES string of the molecule is COc1ccc(C(=O)[C@H](C)OC(=O)c2ccccc2Br)cc1. The standard InChI is InChI=1S/C17H15BrO4/c1-11(16(19)12-7-9-13(21-2)10-8-12)22-17(20)14-5-3-4-6-15(14)18/h3-11H,1-2H3/t11-/m0/s1. The van der Waals surface area contributed by atoms with Gasteiger partial charge in [0.1, 0.15) is 5.75 Å². The molecule has 0 spiro atoms. The van der Waals surface area contributed by atoms with E-state index in [2.05, 4.69) is 15.9 Å². The molecule has 5 heteroatoms. The highest BCUT2D eigenvalue weighted by molar-refractivity contribution is 9.10. The number of ketones is 1.